The van der Waals surface area contributed by atoms with Gasteiger partial charge >= 0.3 is 11.9 Å². The summed E-state index contributed by atoms with van der Waals surface area (Å²) >= 11 is 0. The van der Waals surface area contributed by atoms with Crippen LogP contribution in [0.5, 0.6) is 0 Å². The van der Waals surface area contributed by atoms with E-state index in [0.717, 1.165) is 25.7 Å². The molecule has 1 aliphatic carbocycles. The second kappa shape index (κ2) is 6.73. The largest absolute Gasteiger partial charge is 0.478 e. The minimum Gasteiger partial charge on any atom is -0.478 e. The van der Waals surface area contributed by atoms with E-state index >= 15 is 0 Å². The van der Waals surface area contributed by atoms with Crippen molar-refractivity contribution in [3.63, 3.8) is 0 Å². The Morgan fingerprint density at radius 1 is 1.32 bits per heavy atom. The maximum absolute atomic E-state index is 12.5. The maximum atomic E-state index is 12.5. The van der Waals surface area contributed by atoms with Crippen LogP contribution in [0.4, 0.5) is 0 Å². The predicted molar refractivity (Wildman–Crippen MR) is 72.7 cm³/mol. The average Bonchev–Trinajstić information content (AvgIpc) is 2.89. The van der Waals surface area contributed by atoms with E-state index in [1.807, 2.05) is 6.92 Å². The summed E-state index contributed by atoms with van der Waals surface area (Å²) in [4.78, 5) is 24.0. The maximum Gasteiger partial charge on any atom is 0.332 e. The normalized spacial score (nSPS) is 20.1. The van der Waals surface area contributed by atoms with Gasteiger partial charge in [-0.15, -0.1) is 0 Å². The van der Waals surface area contributed by atoms with E-state index in [9.17, 15) is 14.7 Å². The first-order valence-electron chi connectivity index (χ1n) is 7.11. The molecular weight excluding hydrogens is 244 g/mol. The molecule has 4 heteroatoms. The lowest BCUT2D eigenvalue weighted by atomic mass is 9.67. The van der Waals surface area contributed by atoms with Crippen molar-refractivity contribution in [2.45, 2.75) is 52.9 Å². The van der Waals surface area contributed by atoms with Crippen LogP contribution in [0.15, 0.2) is 11.6 Å². The Kier molecular flexibility index (Phi) is 5.58. The van der Waals surface area contributed by atoms with Crippen molar-refractivity contribution in [2.75, 3.05) is 6.61 Å². The van der Waals surface area contributed by atoms with Gasteiger partial charge in [-0.25, -0.2) is 4.79 Å². The van der Waals surface area contributed by atoms with E-state index in [0.29, 0.717) is 6.42 Å². The number of allylic oxidation sites excluding steroid dienone is 1. The van der Waals surface area contributed by atoms with E-state index in [2.05, 4.69) is 0 Å². The Balaban J connectivity index is 3.27. The van der Waals surface area contributed by atoms with Crippen LogP contribution in [-0.2, 0) is 14.3 Å². The molecule has 4 nitrogen and oxygen atoms in total. The lowest BCUT2D eigenvalue weighted by Gasteiger charge is -2.36. The smallest absolute Gasteiger partial charge is 0.332 e. The molecule has 1 N–H and O–H groups in total. The Labute approximate surface area is 114 Å². The van der Waals surface area contributed by atoms with Crippen molar-refractivity contribution < 1.29 is 19.4 Å². The minimum atomic E-state index is -1.01. The van der Waals surface area contributed by atoms with Crippen LogP contribution in [0.3, 0.4) is 0 Å². The molecule has 0 aromatic carbocycles. The monoisotopic (exact) mass is 268 g/mol. The van der Waals surface area contributed by atoms with Gasteiger partial charge in [0.05, 0.1) is 12.2 Å². The number of rotatable bonds is 6. The minimum absolute atomic E-state index is 0.0823. The zero-order chi connectivity index (χ0) is 14.5. The van der Waals surface area contributed by atoms with Gasteiger partial charge in [-0.1, -0.05) is 25.8 Å². The second-order valence-electron chi connectivity index (χ2n) is 5.03. The first kappa shape index (κ1) is 15.7. The summed E-state index contributed by atoms with van der Waals surface area (Å²) in [6.07, 6.45) is 5.95. The topological polar surface area (TPSA) is 63.6 Å². The third-order valence-electron chi connectivity index (χ3n) is 4.25. The van der Waals surface area contributed by atoms with Gasteiger partial charge in [0, 0.05) is 0 Å². The van der Waals surface area contributed by atoms with Crippen LogP contribution in [0.25, 0.3) is 0 Å². The van der Waals surface area contributed by atoms with Crippen LogP contribution < -0.4 is 0 Å². The number of hydrogen-bond acceptors (Lipinski definition) is 3. The summed E-state index contributed by atoms with van der Waals surface area (Å²) in [5.74, 6) is -1.30. The predicted octanol–water partition coefficient (Wildman–Crippen LogP) is 3.17. The number of carboxylic acid groups (broad SMARTS) is 1. The molecule has 0 aliphatic heterocycles. The van der Waals surface area contributed by atoms with E-state index in [1.165, 1.54) is 0 Å². The van der Waals surface area contributed by atoms with Crippen molar-refractivity contribution in [1.29, 1.82) is 0 Å². The number of esters is 1. The Morgan fingerprint density at radius 3 is 2.26 bits per heavy atom. The summed E-state index contributed by atoms with van der Waals surface area (Å²) in [5, 5.41) is 9.44. The van der Waals surface area contributed by atoms with Gasteiger partial charge in [-0.2, -0.15) is 0 Å². The van der Waals surface area contributed by atoms with Gasteiger partial charge in [-0.05, 0) is 39.0 Å². The molecule has 19 heavy (non-hydrogen) atoms. The third kappa shape index (κ3) is 2.82. The molecule has 0 aromatic heterocycles. The van der Waals surface area contributed by atoms with Crippen molar-refractivity contribution in [1.82, 2.24) is 0 Å². The SMILES string of the molecule is CC=C(C(=O)O)C(CC)(C(=O)OCC)C1CCCC1. The number of carbonyl (C=O) groups is 2. The van der Waals surface area contributed by atoms with E-state index in [4.69, 9.17) is 4.74 Å². The summed E-state index contributed by atoms with van der Waals surface area (Å²) in [6, 6.07) is 0. The first-order valence-corrected chi connectivity index (χ1v) is 7.11. The van der Waals surface area contributed by atoms with Gasteiger partial charge < -0.3 is 9.84 Å². The van der Waals surface area contributed by atoms with Crippen LogP contribution in [0.1, 0.15) is 52.9 Å². The quantitative estimate of drug-likeness (QED) is 0.593. The summed E-state index contributed by atoms with van der Waals surface area (Å²) in [5.41, 5.74) is -0.784. The van der Waals surface area contributed by atoms with Crippen LogP contribution >= 0.6 is 0 Å². The van der Waals surface area contributed by atoms with Gasteiger partial charge in [0.15, 0.2) is 0 Å². The third-order valence-corrected chi connectivity index (χ3v) is 4.25. The molecule has 1 atom stereocenters. The number of carboxylic acids is 1. The van der Waals surface area contributed by atoms with E-state index in [1.54, 1.807) is 19.9 Å². The van der Waals surface area contributed by atoms with Gasteiger partial charge in [0.2, 0.25) is 0 Å². The molecule has 1 unspecified atom stereocenters. The standard InChI is InChI=1S/C15H24O4/c1-4-12(13(16)17)15(5-2,14(18)19-6-3)11-9-7-8-10-11/h4,11H,5-10H2,1-3H3,(H,16,17). The molecular formula is C15H24O4. The highest BCUT2D eigenvalue weighted by Crippen LogP contribution is 2.48. The van der Waals surface area contributed by atoms with E-state index < -0.39 is 11.4 Å². The molecule has 1 aliphatic rings. The molecule has 1 fully saturated rings. The Morgan fingerprint density at radius 2 is 1.89 bits per heavy atom. The van der Waals surface area contributed by atoms with Crippen molar-refractivity contribution in [2.24, 2.45) is 11.3 Å². The van der Waals surface area contributed by atoms with Crippen LogP contribution in [0, 0.1) is 11.3 Å². The summed E-state index contributed by atoms with van der Waals surface area (Å²) < 4.78 is 5.20. The molecule has 0 radical (unpaired) electrons. The first-order chi connectivity index (χ1) is 9.04. The fourth-order valence-electron chi connectivity index (χ4n) is 3.37. The van der Waals surface area contributed by atoms with Crippen LogP contribution in [-0.4, -0.2) is 23.7 Å². The highest BCUT2D eigenvalue weighted by molar-refractivity contribution is 5.97. The fraction of sp³-hybridized carbons (Fsp3) is 0.733. The Hall–Kier alpha value is -1.32. The number of ether oxygens (including phenoxy) is 1. The fourth-order valence-corrected chi connectivity index (χ4v) is 3.37. The molecule has 1 rings (SSSR count). The summed E-state index contributed by atoms with van der Waals surface area (Å²) in [7, 11) is 0. The lowest BCUT2D eigenvalue weighted by Crippen LogP contribution is -2.43. The van der Waals surface area contributed by atoms with Gasteiger partial charge in [0.25, 0.3) is 0 Å². The van der Waals surface area contributed by atoms with Crippen molar-refractivity contribution >= 4 is 11.9 Å². The van der Waals surface area contributed by atoms with Crippen molar-refractivity contribution in [3.05, 3.63) is 11.6 Å². The summed E-state index contributed by atoms with van der Waals surface area (Å²) in [6.45, 7) is 5.59. The lowest BCUT2D eigenvalue weighted by molar-refractivity contribution is -0.159. The van der Waals surface area contributed by atoms with Crippen LogP contribution in [0.2, 0.25) is 0 Å². The highest BCUT2D eigenvalue weighted by atomic mass is 16.5. The molecule has 0 heterocycles. The Bertz CT molecular complexity index is 366. The van der Waals surface area contributed by atoms with E-state index in [-0.39, 0.29) is 24.1 Å². The van der Waals surface area contributed by atoms with Crippen molar-refractivity contribution in [3.8, 4) is 0 Å². The van der Waals surface area contributed by atoms with Gasteiger partial charge in [-0.3, -0.25) is 4.79 Å². The number of carbonyl (C=O) groups excluding carboxylic acids is 1. The zero-order valence-electron chi connectivity index (χ0n) is 12.1. The zero-order valence-corrected chi connectivity index (χ0v) is 12.1. The molecule has 1 saturated carbocycles. The molecule has 0 spiro atoms. The molecule has 0 saturated heterocycles. The molecule has 0 amide bonds. The molecule has 0 bridgehead atoms. The number of hydrogen-bond donors (Lipinski definition) is 1. The number of aliphatic carboxylic acids is 1. The molecule has 0 aromatic rings. The highest BCUT2D eigenvalue weighted by Gasteiger charge is 2.51. The molecule has 108 valence electrons. The average molecular weight is 268 g/mol. The second-order valence-corrected chi connectivity index (χ2v) is 5.03. The van der Waals surface area contributed by atoms with Gasteiger partial charge in [0.1, 0.15) is 5.41 Å².